The standard InChI is InChI=1S/C22H24N2O3/c1-24(22(26)27-2)13-20(25)23-12-14-11-19-15-7-3-5-9-17(15)21(14)18-10-6-4-8-16(18)19/h3-10,14,19,21H,11-13H2,1-2H3,(H,23,25)/t14-,19?,21?/m1/s1. The summed E-state index contributed by atoms with van der Waals surface area (Å²) in [4.78, 5) is 25.0. The van der Waals surface area contributed by atoms with Crippen LogP contribution in [0.4, 0.5) is 4.79 Å². The molecule has 140 valence electrons. The highest BCUT2D eigenvalue weighted by Gasteiger charge is 2.42. The van der Waals surface area contributed by atoms with Crippen LogP contribution in [0.3, 0.4) is 0 Å². The van der Waals surface area contributed by atoms with Crippen molar-refractivity contribution < 1.29 is 14.3 Å². The molecular weight excluding hydrogens is 340 g/mol. The minimum absolute atomic E-state index is 0.000657. The molecule has 5 rings (SSSR count). The van der Waals surface area contributed by atoms with Gasteiger partial charge in [-0.1, -0.05) is 48.5 Å². The van der Waals surface area contributed by atoms with E-state index in [4.69, 9.17) is 0 Å². The number of likely N-dealkylation sites (N-methyl/N-ethyl adjacent to an activating group) is 1. The van der Waals surface area contributed by atoms with E-state index in [0.29, 0.717) is 24.3 Å². The Balaban J connectivity index is 1.51. The van der Waals surface area contributed by atoms with Gasteiger partial charge in [-0.3, -0.25) is 4.79 Å². The van der Waals surface area contributed by atoms with E-state index >= 15 is 0 Å². The lowest BCUT2D eigenvalue weighted by atomic mass is 9.59. The molecule has 0 unspecified atom stereocenters. The molecule has 0 saturated heterocycles. The van der Waals surface area contributed by atoms with E-state index in [1.54, 1.807) is 7.05 Å². The fourth-order valence-corrected chi connectivity index (χ4v) is 4.70. The van der Waals surface area contributed by atoms with Crippen molar-refractivity contribution in [3.63, 3.8) is 0 Å². The predicted octanol–water partition coefficient (Wildman–Crippen LogP) is 3.10. The van der Waals surface area contributed by atoms with E-state index in [1.807, 2.05) is 0 Å². The Labute approximate surface area is 159 Å². The van der Waals surface area contributed by atoms with Crippen molar-refractivity contribution in [2.75, 3.05) is 27.2 Å². The second kappa shape index (κ2) is 7.06. The Kier molecular flexibility index (Phi) is 4.60. The molecule has 3 aliphatic carbocycles. The second-order valence-electron chi connectivity index (χ2n) is 7.41. The van der Waals surface area contributed by atoms with Crippen LogP contribution in [0.2, 0.25) is 0 Å². The van der Waals surface area contributed by atoms with Crippen LogP contribution in [0.5, 0.6) is 0 Å². The molecule has 3 aliphatic rings. The molecule has 0 aromatic heterocycles. The molecule has 1 N–H and O–H groups in total. The number of rotatable bonds is 4. The summed E-state index contributed by atoms with van der Waals surface area (Å²) in [6.45, 7) is 0.609. The van der Waals surface area contributed by atoms with E-state index in [0.717, 1.165) is 6.42 Å². The number of carbonyl (C=O) groups excluding carboxylic acids is 2. The molecule has 2 amide bonds. The minimum Gasteiger partial charge on any atom is -0.453 e. The zero-order valence-corrected chi connectivity index (χ0v) is 15.6. The van der Waals surface area contributed by atoms with E-state index in [-0.39, 0.29) is 12.5 Å². The van der Waals surface area contributed by atoms with Crippen LogP contribution in [0, 0.1) is 5.92 Å². The van der Waals surface area contributed by atoms with Gasteiger partial charge < -0.3 is 15.0 Å². The molecule has 1 atom stereocenters. The summed E-state index contributed by atoms with van der Waals surface area (Å²) in [6, 6.07) is 17.4. The van der Waals surface area contributed by atoms with Gasteiger partial charge in [0, 0.05) is 25.4 Å². The third-order valence-corrected chi connectivity index (χ3v) is 5.85. The Morgan fingerprint density at radius 2 is 1.59 bits per heavy atom. The largest absolute Gasteiger partial charge is 0.453 e. The number of hydrogen-bond donors (Lipinski definition) is 1. The van der Waals surface area contributed by atoms with Crippen molar-refractivity contribution in [3.8, 4) is 0 Å². The topological polar surface area (TPSA) is 58.6 Å². The lowest BCUT2D eigenvalue weighted by Gasteiger charge is -2.45. The fraction of sp³-hybridized carbons (Fsp3) is 0.364. The summed E-state index contributed by atoms with van der Waals surface area (Å²) < 4.78 is 4.63. The highest BCUT2D eigenvalue weighted by Crippen LogP contribution is 2.55. The normalized spacial score (nSPS) is 21.8. The van der Waals surface area contributed by atoms with Crippen molar-refractivity contribution in [1.29, 1.82) is 0 Å². The molecule has 5 heteroatoms. The lowest BCUT2D eigenvalue weighted by Crippen LogP contribution is -2.43. The van der Waals surface area contributed by atoms with Gasteiger partial charge >= 0.3 is 6.09 Å². The van der Waals surface area contributed by atoms with Crippen molar-refractivity contribution in [2.45, 2.75) is 18.3 Å². The molecule has 0 fully saturated rings. The molecule has 27 heavy (non-hydrogen) atoms. The number of methoxy groups -OCH3 is 1. The highest BCUT2D eigenvalue weighted by molar-refractivity contribution is 5.82. The molecule has 0 spiro atoms. The zero-order valence-electron chi connectivity index (χ0n) is 15.6. The fourth-order valence-electron chi connectivity index (χ4n) is 4.70. The second-order valence-corrected chi connectivity index (χ2v) is 7.41. The third kappa shape index (κ3) is 3.07. The molecule has 2 aromatic carbocycles. The number of nitrogens with one attached hydrogen (secondary N) is 1. The van der Waals surface area contributed by atoms with E-state index < -0.39 is 6.09 Å². The number of nitrogens with zero attached hydrogens (tertiary/aromatic N) is 1. The molecule has 0 heterocycles. The van der Waals surface area contributed by atoms with E-state index in [1.165, 1.54) is 34.3 Å². The number of amides is 2. The van der Waals surface area contributed by atoms with Crippen LogP contribution in [0.1, 0.15) is 40.5 Å². The third-order valence-electron chi connectivity index (χ3n) is 5.85. The maximum Gasteiger partial charge on any atom is 0.409 e. The van der Waals surface area contributed by atoms with Gasteiger partial charge in [-0.05, 0) is 34.6 Å². The summed E-state index contributed by atoms with van der Waals surface area (Å²) >= 11 is 0. The van der Waals surface area contributed by atoms with Crippen molar-refractivity contribution in [2.24, 2.45) is 5.92 Å². The maximum atomic E-state index is 12.3. The Hall–Kier alpha value is -2.82. The average molecular weight is 364 g/mol. The first-order valence-electron chi connectivity index (χ1n) is 9.33. The summed E-state index contributed by atoms with van der Waals surface area (Å²) in [7, 11) is 2.87. The van der Waals surface area contributed by atoms with Crippen molar-refractivity contribution in [1.82, 2.24) is 10.2 Å². The molecular formula is C22H24N2O3. The maximum absolute atomic E-state index is 12.3. The van der Waals surface area contributed by atoms with Gasteiger partial charge in [0.1, 0.15) is 6.54 Å². The average Bonchev–Trinajstić information content (AvgIpc) is 2.71. The zero-order chi connectivity index (χ0) is 19.0. The molecule has 0 aliphatic heterocycles. The van der Waals surface area contributed by atoms with Gasteiger partial charge in [-0.25, -0.2) is 4.79 Å². The summed E-state index contributed by atoms with van der Waals surface area (Å²) in [6.07, 6.45) is 0.524. The molecule has 0 saturated carbocycles. The summed E-state index contributed by atoms with van der Waals surface area (Å²) in [5.41, 5.74) is 5.63. The first-order valence-corrected chi connectivity index (χ1v) is 9.33. The Morgan fingerprint density at radius 3 is 2.15 bits per heavy atom. The van der Waals surface area contributed by atoms with Gasteiger partial charge in [-0.2, -0.15) is 0 Å². The van der Waals surface area contributed by atoms with Crippen molar-refractivity contribution >= 4 is 12.0 Å². The van der Waals surface area contributed by atoms with Crippen LogP contribution in [-0.4, -0.2) is 44.1 Å². The number of ether oxygens (including phenoxy) is 1. The number of fused-ring (bicyclic) bond motifs is 1. The highest BCUT2D eigenvalue weighted by atomic mass is 16.5. The number of hydrogen-bond acceptors (Lipinski definition) is 3. The molecule has 2 aromatic rings. The van der Waals surface area contributed by atoms with E-state index in [2.05, 4.69) is 58.6 Å². The van der Waals surface area contributed by atoms with Gasteiger partial charge in [0.05, 0.1) is 7.11 Å². The van der Waals surface area contributed by atoms with E-state index in [9.17, 15) is 9.59 Å². The van der Waals surface area contributed by atoms with Gasteiger partial charge in [0.25, 0.3) is 0 Å². The van der Waals surface area contributed by atoms with Crippen LogP contribution >= 0.6 is 0 Å². The summed E-state index contributed by atoms with van der Waals surface area (Å²) in [5.74, 6) is 0.890. The lowest BCUT2D eigenvalue weighted by molar-refractivity contribution is -0.121. The number of benzene rings is 2. The Bertz CT molecular complexity index is 832. The van der Waals surface area contributed by atoms with Crippen LogP contribution < -0.4 is 5.32 Å². The smallest absolute Gasteiger partial charge is 0.409 e. The molecule has 0 radical (unpaired) electrons. The van der Waals surface area contributed by atoms with Gasteiger partial charge in [-0.15, -0.1) is 0 Å². The number of carbonyl (C=O) groups is 2. The predicted molar refractivity (Wildman–Crippen MR) is 103 cm³/mol. The van der Waals surface area contributed by atoms with Crippen LogP contribution in [-0.2, 0) is 9.53 Å². The Morgan fingerprint density at radius 1 is 1.04 bits per heavy atom. The van der Waals surface area contributed by atoms with Gasteiger partial charge in [0.2, 0.25) is 5.91 Å². The molecule has 2 bridgehead atoms. The first kappa shape index (κ1) is 17.6. The quantitative estimate of drug-likeness (QED) is 0.907. The first-order chi connectivity index (χ1) is 13.1. The minimum atomic E-state index is -0.510. The van der Waals surface area contributed by atoms with Gasteiger partial charge in [0.15, 0.2) is 0 Å². The van der Waals surface area contributed by atoms with Crippen LogP contribution in [0.15, 0.2) is 48.5 Å². The van der Waals surface area contributed by atoms with Crippen molar-refractivity contribution in [3.05, 3.63) is 70.8 Å². The van der Waals surface area contributed by atoms with Crippen LogP contribution in [0.25, 0.3) is 0 Å². The monoisotopic (exact) mass is 364 g/mol. The summed E-state index contributed by atoms with van der Waals surface area (Å²) in [5, 5.41) is 3.02. The SMILES string of the molecule is COC(=O)N(C)CC(=O)NC[C@H]1CC2c3ccccc3C1c1ccccc12. The molecule has 5 nitrogen and oxygen atoms in total.